The number of aliphatic hydroxyl groups is 1. The second kappa shape index (κ2) is 8.01. The second-order valence-corrected chi connectivity index (χ2v) is 9.70. The first-order valence-electron chi connectivity index (χ1n) is 10.5. The number of thiophene rings is 1. The average Bonchev–Trinajstić information content (AvgIpc) is 3.43. The number of rotatable bonds is 5. The maximum Gasteiger partial charge on any atom is 0.0871 e. The summed E-state index contributed by atoms with van der Waals surface area (Å²) >= 11 is 1.86. The van der Waals surface area contributed by atoms with Gasteiger partial charge in [0.05, 0.1) is 17.8 Å². The molecule has 1 aliphatic heterocycles. The van der Waals surface area contributed by atoms with E-state index in [-0.39, 0.29) is 12.1 Å². The highest BCUT2D eigenvalue weighted by Gasteiger charge is 2.42. The van der Waals surface area contributed by atoms with Gasteiger partial charge in [-0.3, -0.25) is 4.90 Å². The van der Waals surface area contributed by atoms with Crippen molar-refractivity contribution in [1.82, 2.24) is 19.9 Å². The third kappa shape index (κ3) is 4.02. The van der Waals surface area contributed by atoms with Gasteiger partial charge >= 0.3 is 0 Å². The van der Waals surface area contributed by atoms with Crippen LogP contribution in [-0.4, -0.2) is 44.2 Å². The largest absolute Gasteiger partial charge is 0.391 e. The number of nitrogens with zero attached hydrogens (tertiary/aromatic N) is 4. The van der Waals surface area contributed by atoms with Gasteiger partial charge in [-0.25, -0.2) is 4.68 Å². The number of hydrogen-bond donors (Lipinski definition) is 1. The molecule has 2 aliphatic rings. The summed E-state index contributed by atoms with van der Waals surface area (Å²) in [7, 11) is 0. The van der Waals surface area contributed by atoms with E-state index in [0.717, 1.165) is 44.6 Å². The minimum Gasteiger partial charge on any atom is -0.391 e. The quantitative estimate of drug-likeness (QED) is 0.700. The predicted octanol–water partition coefficient (Wildman–Crippen LogP) is 3.68. The van der Waals surface area contributed by atoms with Gasteiger partial charge in [-0.1, -0.05) is 35.5 Å². The van der Waals surface area contributed by atoms with Crippen molar-refractivity contribution >= 4 is 11.3 Å². The number of fused-ring (bicyclic) bond motifs is 1. The molecule has 5 rings (SSSR count). The third-order valence-corrected chi connectivity index (χ3v) is 7.65. The zero-order valence-corrected chi connectivity index (χ0v) is 17.6. The van der Waals surface area contributed by atoms with Crippen LogP contribution in [0, 0.1) is 18.8 Å². The summed E-state index contributed by atoms with van der Waals surface area (Å²) in [4.78, 5) is 4.05. The lowest BCUT2D eigenvalue weighted by atomic mass is 9.77. The maximum absolute atomic E-state index is 10.9. The first kappa shape index (κ1) is 19.0. The highest BCUT2D eigenvalue weighted by Crippen LogP contribution is 2.41. The Morgan fingerprint density at radius 1 is 1.10 bits per heavy atom. The van der Waals surface area contributed by atoms with Gasteiger partial charge in [-0.2, -0.15) is 0 Å². The van der Waals surface area contributed by atoms with Crippen LogP contribution in [0.15, 0.2) is 48.0 Å². The summed E-state index contributed by atoms with van der Waals surface area (Å²) in [6.07, 6.45) is 4.32. The van der Waals surface area contributed by atoms with Crippen LogP contribution in [0.3, 0.4) is 0 Å². The van der Waals surface area contributed by atoms with E-state index in [1.807, 2.05) is 40.4 Å². The molecule has 2 fully saturated rings. The fourth-order valence-electron chi connectivity index (χ4n) is 5.05. The first-order chi connectivity index (χ1) is 14.2. The molecule has 0 radical (unpaired) electrons. The lowest BCUT2D eigenvalue weighted by Crippen LogP contribution is -2.36. The van der Waals surface area contributed by atoms with Crippen LogP contribution in [0.2, 0.25) is 0 Å². The van der Waals surface area contributed by atoms with Crippen molar-refractivity contribution < 1.29 is 5.11 Å². The number of likely N-dealkylation sites (tertiary alicyclic amines) is 1. The van der Waals surface area contributed by atoms with Crippen LogP contribution in [0.4, 0.5) is 0 Å². The Bertz CT molecular complexity index is 953. The molecule has 3 aromatic rings. The van der Waals surface area contributed by atoms with Crippen molar-refractivity contribution in [2.45, 2.75) is 44.9 Å². The van der Waals surface area contributed by atoms with Gasteiger partial charge in [0.1, 0.15) is 0 Å². The van der Waals surface area contributed by atoms with Crippen molar-refractivity contribution in [1.29, 1.82) is 0 Å². The molecule has 1 N–H and O–H groups in total. The molecule has 0 unspecified atom stereocenters. The fraction of sp³-hybridized carbons (Fsp3) is 0.478. The summed E-state index contributed by atoms with van der Waals surface area (Å²) in [5.41, 5.74) is 3.60. The van der Waals surface area contributed by atoms with Crippen LogP contribution in [0.25, 0.3) is 0 Å². The van der Waals surface area contributed by atoms with Crippen molar-refractivity contribution in [3.05, 3.63) is 69.7 Å². The molecular formula is C23H28N4OS. The van der Waals surface area contributed by atoms with Crippen LogP contribution in [0.1, 0.15) is 40.6 Å². The summed E-state index contributed by atoms with van der Waals surface area (Å²) < 4.78 is 1.92. The smallest absolute Gasteiger partial charge is 0.0871 e. The molecule has 3 heterocycles. The van der Waals surface area contributed by atoms with Crippen LogP contribution in [0.5, 0.6) is 0 Å². The molecule has 1 aromatic carbocycles. The lowest BCUT2D eigenvalue weighted by molar-refractivity contribution is 0.0298. The monoisotopic (exact) mass is 408 g/mol. The topological polar surface area (TPSA) is 54.2 Å². The SMILES string of the molecule is Cc1ccsc1CN1C[C@H]2C[C@@H](n3cc(Cc4ccccc4)nn3)[C@H](O)C[C@H]2C1. The van der Waals surface area contributed by atoms with Gasteiger partial charge in [0.2, 0.25) is 0 Å². The normalized spacial score (nSPS) is 27.2. The molecule has 152 valence electrons. The molecular weight excluding hydrogens is 380 g/mol. The minimum absolute atomic E-state index is 0.0386. The van der Waals surface area contributed by atoms with E-state index < -0.39 is 0 Å². The van der Waals surface area contributed by atoms with Crippen molar-refractivity contribution in [2.75, 3.05) is 13.1 Å². The van der Waals surface area contributed by atoms with Crippen LogP contribution < -0.4 is 0 Å². The highest BCUT2D eigenvalue weighted by molar-refractivity contribution is 7.10. The average molecular weight is 409 g/mol. The van der Waals surface area contributed by atoms with E-state index in [9.17, 15) is 5.11 Å². The zero-order valence-electron chi connectivity index (χ0n) is 16.8. The highest BCUT2D eigenvalue weighted by atomic mass is 32.1. The van der Waals surface area contributed by atoms with E-state index >= 15 is 0 Å². The maximum atomic E-state index is 10.9. The van der Waals surface area contributed by atoms with E-state index in [4.69, 9.17) is 0 Å². The Balaban J connectivity index is 1.24. The molecule has 4 atom stereocenters. The fourth-order valence-corrected chi connectivity index (χ4v) is 6.00. The van der Waals surface area contributed by atoms with Crippen molar-refractivity contribution in [3.63, 3.8) is 0 Å². The Hall–Kier alpha value is -2.02. The van der Waals surface area contributed by atoms with E-state index in [1.54, 1.807) is 0 Å². The summed E-state index contributed by atoms with van der Waals surface area (Å²) in [6.45, 7) is 5.47. The Labute approximate surface area is 176 Å². The molecule has 1 saturated heterocycles. The number of aromatic nitrogens is 3. The molecule has 1 aliphatic carbocycles. The molecule has 0 bridgehead atoms. The van der Waals surface area contributed by atoms with E-state index in [1.165, 1.54) is 16.0 Å². The summed E-state index contributed by atoms with van der Waals surface area (Å²) in [6, 6.07) is 12.6. The molecule has 6 heteroatoms. The van der Waals surface area contributed by atoms with Gasteiger partial charge < -0.3 is 5.11 Å². The number of benzene rings is 1. The standard InChI is InChI=1S/C23H28N4OS/c1-16-7-8-29-23(16)15-26-12-18-10-21(22(28)11-19(18)13-26)27-14-20(24-25-27)9-17-5-3-2-4-6-17/h2-8,14,18-19,21-22,28H,9-13,15H2,1H3/t18-,19+,21-,22-/m1/s1. The number of aliphatic hydroxyl groups excluding tert-OH is 1. The van der Waals surface area contributed by atoms with Crippen LogP contribution in [-0.2, 0) is 13.0 Å². The molecule has 5 nitrogen and oxygen atoms in total. The van der Waals surface area contributed by atoms with Gasteiger partial charge in [0, 0.05) is 37.1 Å². The zero-order chi connectivity index (χ0) is 19.8. The predicted molar refractivity (Wildman–Crippen MR) is 115 cm³/mol. The van der Waals surface area contributed by atoms with Gasteiger partial charge in [0.15, 0.2) is 0 Å². The molecule has 0 amide bonds. The minimum atomic E-state index is -0.342. The first-order valence-corrected chi connectivity index (χ1v) is 11.4. The van der Waals surface area contributed by atoms with Gasteiger partial charge in [-0.05, 0) is 54.2 Å². The lowest BCUT2D eigenvalue weighted by Gasteiger charge is -2.35. The summed E-state index contributed by atoms with van der Waals surface area (Å²) in [5, 5.41) is 21.8. The van der Waals surface area contributed by atoms with Crippen molar-refractivity contribution in [2.24, 2.45) is 11.8 Å². The molecule has 29 heavy (non-hydrogen) atoms. The molecule has 2 aromatic heterocycles. The number of aryl methyl sites for hydroxylation is 1. The Morgan fingerprint density at radius 2 is 1.90 bits per heavy atom. The molecule has 1 saturated carbocycles. The molecule has 0 spiro atoms. The van der Waals surface area contributed by atoms with Gasteiger partial charge in [-0.15, -0.1) is 16.4 Å². The van der Waals surface area contributed by atoms with E-state index in [2.05, 4.69) is 45.7 Å². The van der Waals surface area contributed by atoms with Crippen molar-refractivity contribution in [3.8, 4) is 0 Å². The summed E-state index contributed by atoms with van der Waals surface area (Å²) in [5.74, 6) is 1.22. The third-order valence-electron chi connectivity index (χ3n) is 6.65. The Kier molecular flexibility index (Phi) is 5.24. The Morgan fingerprint density at radius 3 is 2.66 bits per heavy atom. The van der Waals surface area contributed by atoms with Gasteiger partial charge in [0.25, 0.3) is 0 Å². The van der Waals surface area contributed by atoms with Crippen LogP contribution >= 0.6 is 11.3 Å². The second-order valence-electron chi connectivity index (χ2n) is 8.70. The number of hydrogen-bond acceptors (Lipinski definition) is 5. The van der Waals surface area contributed by atoms with E-state index in [0.29, 0.717) is 11.8 Å².